The Labute approximate surface area is 130 Å². The summed E-state index contributed by atoms with van der Waals surface area (Å²) in [6, 6.07) is 20.3. The van der Waals surface area contributed by atoms with E-state index < -0.39 is 0 Å². The van der Waals surface area contributed by atoms with Crippen molar-refractivity contribution in [1.82, 2.24) is 0 Å². The molecule has 0 amide bonds. The Morgan fingerprint density at radius 3 is 2.36 bits per heavy atom. The molecule has 2 fully saturated rings. The van der Waals surface area contributed by atoms with Gasteiger partial charge >= 0.3 is 0 Å². The molecule has 0 spiro atoms. The van der Waals surface area contributed by atoms with Gasteiger partial charge in [0, 0.05) is 6.42 Å². The molecule has 1 heterocycles. The van der Waals surface area contributed by atoms with Crippen LogP contribution in [0.1, 0.15) is 30.9 Å². The highest BCUT2D eigenvalue weighted by Crippen LogP contribution is 2.46. The van der Waals surface area contributed by atoms with E-state index in [1.165, 1.54) is 0 Å². The molecule has 2 aromatic carbocycles. The van der Waals surface area contributed by atoms with E-state index in [9.17, 15) is 4.79 Å². The molecular formula is C19H19NO2. The van der Waals surface area contributed by atoms with Crippen LogP contribution in [-0.2, 0) is 9.63 Å². The molecule has 2 aliphatic rings. The van der Waals surface area contributed by atoms with Crippen molar-refractivity contribution in [3.05, 3.63) is 66.2 Å². The standard InChI is InChI=1S/C19H19NO2/c21-16-12-7-13-17-18(16)19(14-8-3-1-4-9-14)20(22-17)15-10-5-2-6-11-15/h1-6,8-11,17-19H,7,12-13H2. The molecule has 1 saturated carbocycles. The minimum absolute atomic E-state index is 0.00617. The van der Waals surface area contributed by atoms with Gasteiger partial charge < -0.3 is 0 Å². The number of benzene rings is 2. The predicted octanol–water partition coefficient (Wildman–Crippen LogP) is 3.92. The number of fused-ring (bicyclic) bond motifs is 1. The first-order chi connectivity index (χ1) is 10.8. The van der Waals surface area contributed by atoms with Gasteiger partial charge in [0.2, 0.25) is 0 Å². The number of hydrogen-bond donors (Lipinski definition) is 0. The lowest BCUT2D eigenvalue weighted by molar-refractivity contribution is -0.127. The summed E-state index contributed by atoms with van der Waals surface area (Å²) in [4.78, 5) is 18.7. The number of rotatable bonds is 2. The third kappa shape index (κ3) is 2.22. The number of Topliss-reactive ketones (excluding diaryl/α,β-unsaturated/α-hetero) is 1. The zero-order valence-electron chi connectivity index (χ0n) is 12.4. The van der Waals surface area contributed by atoms with Crippen molar-refractivity contribution in [1.29, 1.82) is 0 Å². The Kier molecular flexibility index (Phi) is 3.43. The zero-order valence-corrected chi connectivity index (χ0v) is 12.4. The Balaban J connectivity index is 1.78. The smallest absolute Gasteiger partial charge is 0.141 e. The van der Waals surface area contributed by atoms with Gasteiger partial charge in [0.05, 0.1) is 23.8 Å². The molecule has 3 nitrogen and oxygen atoms in total. The van der Waals surface area contributed by atoms with Gasteiger partial charge in [-0.05, 0) is 30.5 Å². The molecule has 3 unspecified atom stereocenters. The van der Waals surface area contributed by atoms with E-state index in [1.807, 2.05) is 53.6 Å². The average Bonchev–Trinajstić information content (AvgIpc) is 2.97. The molecule has 3 atom stereocenters. The quantitative estimate of drug-likeness (QED) is 0.840. The fourth-order valence-corrected chi connectivity index (χ4v) is 3.68. The van der Waals surface area contributed by atoms with Crippen LogP contribution in [0.2, 0.25) is 0 Å². The number of carbonyl (C=O) groups is 1. The molecule has 0 radical (unpaired) electrons. The van der Waals surface area contributed by atoms with Gasteiger partial charge in [-0.15, -0.1) is 0 Å². The van der Waals surface area contributed by atoms with Crippen LogP contribution in [0.25, 0.3) is 0 Å². The summed E-state index contributed by atoms with van der Waals surface area (Å²) in [6.07, 6.45) is 2.58. The van der Waals surface area contributed by atoms with Gasteiger partial charge in [-0.2, -0.15) is 0 Å². The Morgan fingerprint density at radius 2 is 1.64 bits per heavy atom. The molecule has 0 bridgehead atoms. The number of ketones is 1. The fraction of sp³-hybridized carbons (Fsp3) is 0.316. The number of hydroxylamine groups is 1. The van der Waals surface area contributed by atoms with Crippen LogP contribution in [0.4, 0.5) is 5.69 Å². The minimum atomic E-state index is -0.0589. The maximum absolute atomic E-state index is 12.5. The lowest BCUT2D eigenvalue weighted by Crippen LogP contribution is -2.32. The number of hydrogen-bond acceptors (Lipinski definition) is 3. The van der Waals surface area contributed by atoms with Crippen LogP contribution < -0.4 is 5.06 Å². The van der Waals surface area contributed by atoms with Crippen molar-refractivity contribution in [2.75, 3.05) is 5.06 Å². The van der Waals surface area contributed by atoms with Gasteiger partial charge in [0.15, 0.2) is 0 Å². The second-order valence-electron chi connectivity index (χ2n) is 6.05. The summed E-state index contributed by atoms with van der Waals surface area (Å²) < 4.78 is 0. The summed E-state index contributed by atoms with van der Waals surface area (Å²) >= 11 is 0. The van der Waals surface area contributed by atoms with Crippen molar-refractivity contribution < 1.29 is 9.63 Å². The molecule has 0 N–H and O–H groups in total. The second-order valence-corrected chi connectivity index (χ2v) is 6.05. The summed E-state index contributed by atoms with van der Waals surface area (Å²) in [5.41, 5.74) is 2.16. The molecule has 1 aliphatic carbocycles. The lowest BCUT2D eigenvalue weighted by Gasteiger charge is -2.27. The summed E-state index contributed by atoms with van der Waals surface area (Å²) in [6.45, 7) is 0. The normalized spacial score (nSPS) is 27.7. The molecule has 112 valence electrons. The van der Waals surface area contributed by atoms with Crippen molar-refractivity contribution in [2.45, 2.75) is 31.4 Å². The fourth-order valence-electron chi connectivity index (χ4n) is 3.68. The van der Waals surface area contributed by atoms with Crippen molar-refractivity contribution in [2.24, 2.45) is 5.92 Å². The average molecular weight is 293 g/mol. The largest absolute Gasteiger partial charge is 0.299 e. The van der Waals surface area contributed by atoms with Gasteiger partial charge in [-0.25, -0.2) is 5.06 Å². The van der Waals surface area contributed by atoms with E-state index in [4.69, 9.17) is 4.84 Å². The summed E-state index contributed by atoms with van der Waals surface area (Å²) in [5.74, 6) is 0.278. The number of nitrogens with zero attached hydrogens (tertiary/aromatic N) is 1. The maximum Gasteiger partial charge on any atom is 0.141 e. The van der Waals surface area contributed by atoms with Crippen LogP contribution in [0, 0.1) is 5.92 Å². The summed E-state index contributed by atoms with van der Waals surface area (Å²) in [7, 11) is 0. The molecule has 3 heteroatoms. The first kappa shape index (κ1) is 13.5. The van der Waals surface area contributed by atoms with E-state index in [-0.39, 0.29) is 18.1 Å². The van der Waals surface area contributed by atoms with Crippen molar-refractivity contribution >= 4 is 11.5 Å². The SMILES string of the molecule is O=C1CCCC2ON(c3ccccc3)C(c3ccccc3)C12. The zero-order chi connectivity index (χ0) is 14.9. The van der Waals surface area contributed by atoms with Crippen LogP contribution in [0.15, 0.2) is 60.7 Å². The van der Waals surface area contributed by atoms with E-state index in [2.05, 4.69) is 12.1 Å². The highest BCUT2D eigenvalue weighted by molar-refractivity contribution is 5.84. The van der Waals surface area contributed by atoms with E-state index in [0.717, 1.165) is 24.1 Å². The van der Waals surface area contributed by atoms with Crippen LogP contribution >= 0.6 is 0 Å². The number of anilines is 1. The lowest BCUT2D eigenvalue weighted by atomic mass is 9.79. The van der Waals surface area contributed by atoms with E-state index >= 15 is 0 Å². The van der Waals surface area contributed by atoms with Crippen LogP contribution in [-0.4, -0.2) is 11.9 Å². The van der Waals surface area contributed by atoms with E-state index in [0.29, 0.717) is 12.2 Å². The highest BCUT2D eigenvalue weighted by atomic mass is 16.7. The monoisotopic (exact) mass is 293 g/mol. The highest BCUT2D eigenvalue weighted by Gasteiger charge is 2.49. The van der Waals surface area contributed by atoms with Gasteiger partial charge in [-0.3, -0.25) is 9.63 Å². The molecule has 1 aliphatic heterocycles. The molecule has 1 saturated heterocycles. The van der Waals surface area contributed by atoms with E-state index in [1.54, 1.807) is 0 Å². The first-order valence-corrected chi connectivity index (χ1v) is 7.93. The Morgan fingerprint density at radius 1 is 0.955 bits per heavy atom. The second kappa shape index (κ2) is 5.58. The minimum Gasteiger partial charge on any atom is -0.299 e. The van der Waals surface area contributed by atoms with Crippen molar-refractivity contribution in [3.8, 4) is 0 Å². The number of para-hydroxylation sites is 1. The van der Waals surface area contributed by atoms with Crippen molar-refractivity contribution in [3.63, 3.8) is 0 Å². The molecular weight excluding hydrogens is 274 g/mol. The molecule has 4 rings (SSSR count). The molecule has 0 aromatic heterocycles. The van der Waals surface area contributed by atoms with Crippen LogP contribution in [0.3, 0.4) is 0 Å². The molecule has 22 heavy (non-hydrogen) atoms. The van der Waals surface area contributed by atoms with Crippen LogP contribution in [0.5, 0.6) is 0 Å². The van der Waals surface area contributed by atoms with Gasteiger partial charge in [-0.1, -0.05) is 48.5 Å². The predicted molar refractivity (Wildman–Crippen MR) is 85.3 cm³/mol. The van der Waals surface area contributed by atoms with Gasteiger partial charge in [0.1, 0.15) is 5.78 Å². The maximum atomic E-state index is 12.5. The topological polar surface area (TPSA) is 29.5 Å². The first-order valence-electron chi connectivity index (χ1n) is 7.93. The summed E-state index contributed by atoms with van der Waals surface area (Å²) in [5, 5.41) is 1.95. The molecule has 2 aromatic rings. The van der Waals surface area contributed by atoms with Gasteiger partial charge in [0.25, 0.3) is 0 Å². The third-order valence-corrected chi connectivity index (χ3v) is 4.68. The third-order valence-electron chi connectivity index (χ3n) is 4.68. The Bertz CT molecular complexity index is 656. The number of carbonyl (C=O) groups excluding carboxylic acids is 1. The Hall–Kier alpha value is -2.13.